The van der Waals surface area contributed by atoms with E-state index in [9.17, 15) is 4.79 Å². The van der Waals surface area contributed by atoms with Crippen LogP contribution in [0.15, 0.2) is 66.9 Å². The van der Waals surface area contributed by atoms with Gasteiger partial charge in [0.25, 0.3) is 5.91 Å². The SMILES string of the molecule is Cn1nc2c(c1-c1ccccc1)CCN(C(=O)c1nccc3ccccc13)C2. The smallest absolute Gasteiger partial charge is 0.273 e. The van der Waals surface area contributed by atoms with Gasteiger partial charge in [0.15, 0.2) is 0 Å². The van der Waals surface area contributed by atoms with Crippen molar-refractivity contribution in [3.05, 3.63) is 83.8 Å². The standard InChI is InChI=1S/C23H20N4O/c1-26-22(17-8-3-2-4-9-17)19-12-14-27(15-20(19)25-26)23(28)21-18-10-6-5-7-16(18)11-13-24-21/h2-11,13H,12,14-15H2,1H3. The molecule has 5 nitrogen and oxygen atoms in total. The van der Waals surface area contributed by atoms with Crippen LogP contribution in [-0.4, -0.2) is 32.1 Å². The van der Waals surface area contributed by atoms with Gasteiger partial charge in [0.05, 0.1) is 17.9 Å². The Morgan fingerprint density at radius 2 is 1.79 bits per heavy atom. The lowest BCUT2D eigenvalue weighted by atomic mass is 9.99. The Balaban J connectivity index is 1.49. The minimum Gasteiger partial charge on any atom is -0.331 e. The largest absolute Gasteiger partial charge is 0.331 e. The van der Waals surface area contributed by atoms with Crippen molar-refractivity contribution in [2.75, 3.05) is 6.54 Å². The van der Waals surface area contributed by atoms with E-state index in [1.54, 1.807) is 6.20 Å². The summed E-state index contributed by atoms with van der Waals surface area (Å²) in [4.78, 5) is 19.5. The molecule has 0 fully saturated rings. The Morgan fingerprint density at radius 3 is 2.64 bits per heavy atom. The van der Waals surface area contributed by atoms with E-state index in [0.29, 0.717) is 18.8 Å². The molecule has 5 heteroatoms. The molecule has 1 amide bonds. The minimum atomic E-state index is -0.0330. The number of aromatic nitrogens is 3. The summed E-state index contributed by atoms with van der Waals surface area (Å²) in [5, 5.41) is 6.64. The van der Waals surface area contributed by atoms with Crippen molar-refractivity contribution in [1.82, 2.24) is 19.7 Å². The molecule has 1 aliphatic rings. The molecule has 3 heterocycles. The molecule has 2 aromatic heterocycles. The first-order valence-electron chi connectivity index (χ1n) is 9.45. The van der Waals surface area contributed by atoms with Crippen LogP contribution >= 0.6 is 0 Å². The van der Waals surface area contributed by atoms with E-state index in [1.807, 2.05) is 65.2 Å². The van der Waals surface area contributed by atoms with Gasteiger partial charge in [-0.15, -0.1) is 0 Å². The number of nitrogens with zero attached hydrogens (tertiary/aromatic N) is 4. The van der Waals surface area contributed by atoms with Crippen molar-refractivity contribution in [2.24, 2.45) is 7.05 Å². The molecule has 0 spiro atoms. The van der Waals surface area contributed by atoms with E-state index >= 15 is 0 Å². The number of pyridine rings is 1. The van der Waals surface area contributed by atoms with Crippen LogP contribution in [0, 0.1) is 0 Å². The summed E-state index contributed by atoms with van der Waals surface area (Å²) >= 11 is 0. The lowest BCUT2D eigenvalue weighted by Gasteiger charge is -2.26. The molecule has 0 radical (unpaired) electrons. The molecule has 0 saturated heterocycles. The van der Waals surface area contributed by atoms with Crippen LogP contribution in [0.5, 0.6) is 0 Å². The number of rotatable bonds is 2. The number of carbonyl (C=O) groups excluding carboxylic acids is 1. The highest BCUT2D eigenvalue weighted by atomic mass is 16.2. The first-order valence-corrected chi connectivity index (χ1v) is 9.45. The summed E-state index contributed by atoms with van der Waals surface area (Å²) in [5.41, 5.74) is 5.03. The predicted octanol–water partition coefficient (Wildman–Crippen LogP) is 3.83. The van der Waals surface area contributed by atoms with E-state index in [2.05, 4.69) is 17.1 Å². The zero-order valence-corrected chi connectivity index (χ0v) is 15.7. The van der Waals surface area contributed by atoms with Gasteiger partial charge in [0.2, 0.25) is 0 Å². The maximum Gasteiger partial charge on any atom is 0.273 e. The average molecular weight is 368 g/mol. The molecule has 0 N–H and O–H groups in total. The topological polar surface area (TPSA) is 51.0 Å². The van der Waals surface area contributed by atoms with Gasteiger partial charge in [0, 0.05) is 36.3 Å². The molecule has 5 rings (SSSR count). The minimum absolute atomic E-state index is 0.0330. The second kappa shape index (κ2) is 6.60. The highest BCUT2D eigenvalue weighted by Crippen LogP contribution is 2.30. The Bertz CT molecular complexity index is 1170. The Hall–Kier alpha value is -3.47. The van der Waals surface area contributed by atoms with E-state index in [-0.39, 0.29) is 5.91 Å². The van der Waals surface area contributed by atoms with Crippen LogP contribution in [0.2, 0.25) is 0 Å². The van der Waals surface area contributed by atoms with Crippen molar-refractivity contribution in [3.8, 4) is 11.3 Å². The van der Waals surface area contributed by atoms with Gasteiger partial charge in [-0.2, -0.15) is 5.10 Å². The monoisotopic (exact) mass is 368 g/mol. The van der Waals surface area contributed by atoms with E-state index < -0.39 is 0 Å². The highest BCUT2D eigenvalue weighted by Gasteiger charge is 2.28. The summed E-state index contributed by atoms with van der Waals surface area (Å²) in [6, 6.07) is 20.1. The fraction of sp³-hybridized carbons (Fsp3) is 0.174. The van der Waals surface area contributed by atoms with Gasteiger partial charge in [-0.3, -0.25) is 14.5 Å². The molecule has 0 atom stereocenters. The summed E-state index contributed by atoms with van der Waals surface area (Å²) in [5.74, 6) is -0.0330. The quantitative estimate of drug-likeness (QED) is 0.540. The number of aryl methyl sites for hydroxylation is 1. The molecule has 138 valence electrons. The lowest BCUT2D eigenvalue weighted by Crippen LogP contribution is -2.36. The van der Waals surface area contributed by atoms with E-state index in [1.165, 1.54) is 5.56 Å². The Kier molecular flexibility index (Phi) is 3.93. The van der Waals surface area contributed by atoms with Gasteiger partial charge < -0.3 is 4.90 Å². The van der Waals surface area contributed by atoms with Gasteiger partial charge in [-0.1, -0.05) is 54.6 Å². The number of hydrogen-bond acceptors (Lipinski definition) is 3. The number of amides is 1. The van der Waals surface area contributed by atoms with Crippen molar-refractivity contribution < 1.29 is 4.79 Å². The van der Waals surface area contributed by atoms with Gasteiger partial charge in [0.1, 0.15) is 5.69 Å². The second-order valence-corrected chi connectivity index (χ2v) is 7.12. The van der Waals surface area contributed by atoms with Crippen molar-refractivity contribution in [1.29, 1.82) is 0 Å². The predicted molar refractivity (Wildman–Crippen MR) is 109 cm³/mol. The average Bonchev–Trinajstić information content (AvgIpc) is 3.08. The summed E-state index contributed by atoms with van der Waals surface area (Å²) in [6.07, 6.45) is 2.50. The molecule has 28 heavy (non-hydrogen) atoms. The third-order valence-corrected chi connectivity index (χ3v) is 5.41. The van der Waals surface area contributed by atoms with Crippen LogP contribution in [0.25, 0.3) is 22.0 Å². The van der Waals surface area contributed by atoms with Crippen molar-refractivity contribution >= 4 is 16.7 Å². The van der Waals surface area contributed by atoms with Gasteiger partial charge in [-0.25, -0.2) is 0 Å². The van der Waals surface area contributed by atoms with Gasteiger partial charge in [-0.05, 0) is 17.9 Å². The molecular formula is C23H20N4O. The molecule has 0 aliphatic carbocycles. The van der Waals surface area contributed by atoms with Crippen molar-refractivity contribution in [3.63, 3.8) is 0 Å². The zero-order chi connectivity index (χ0) is 19.1. The normalized spacial score (nSPS) is 13.5. The Labute approximate surface area is 163 Å². The molecule has 0 unspecified atom stereocenters. The number of carbonyl (C=O) groups is 1. The molecule has 4 aromatic rings. The first-order chi connectivity index (χ1) is 13.7. The Morgan fingerprint density at radius 1 is 1.00 bits per heavy atom. The molecule has 0 bridgehead atoms. The fourth-order valence-corrected chi connectivity index (χ4v) is 4.09. The van der Waals surface area contributed by atoms with E-state index in [4.69, 9.17) is 5.10 Å². The number of benzene rings is 2. The fourth-order valence-electron chi connectivity index (χ4n) is 4.09. The van der Waals surface area contributed by atoms with Crippen LogP contribution in [0.1, 0.15) is 21.7 Å². The maximum atomic E-state index is 13.2. The summed E-state index contributed by atoms with van der Waals surface area (Å²) in [6.45, 7) is 1.18. The van der Waals surface area contributed by atoms with Crippen LogP contribution < -0.4 is 0 Å². The first kappa shape index (κ1) is 16.7. The van der Waals surface area contributed by atoms with Crippen LogP contribution in [-0.2, 0) is 20.0 Å². The highest BCUT2D eigenvalue weighted by molar-refractivity contribution is 6.05. The van der Waals surface area contributed by atoms with Crippen molar-refractivity contribution in [2.45, 2.75) is 13.0 Å². The number of hydrogen-bond donors (Lipinski definition) is 0. The lowest BCUT2D eigenvalue weighted by molar-refractivity contribution is 0.0728. The zero-order valence-electron chi connectivity index (χ0n) is 15.7. The molecule has 0 saturated carbocycles. The molecule has 1 aliphatic heterocycles. The third-order valence-electron chi connectivity index (χ3n) is 5.41. The third kappa shape index (κ3) is 2.67. The van der Waals surface area contributed by atoms with Gasteiger partial charge >= 0.3 is 0 Å². The van der Waals surface area contributed by atoms with Crippen LogP contribution in [0.3, 0.4) is 0 Å². The molecule has 2 aromatic carbocycles. The summed E-state index contributed by atoms with van der Waals surface area (Å²) < 4.78 is 1.93. The second-order valence-electron chi connectivity index (χ2n) is 7.12. The summed E-state index contributed by atoms with van der Waals surface area (Å²) in [7, 11) is 1.97. The molecular weight excluding hydrogens is 348 g/mol. The van der Waals surface area contributed by atoms with Crippen LogP contribution in [0.4, 0.5) is 0 Å². The van der Waals surface area contributed by atoms with E-state index in [0.717, 1.165) is 34.1 Å². The number of fused-ring (bicyclic) bond motifs is 2. The maximum absolute atomic E-state index is 13.2.